The number of nitrogens with zero attached hydrogens (tertiary/aromatic N) is 1. The number of benzene rings is 2. The molecule has 0 aliphatic heterocycles. The molecule has 0 fully saturated rings. The first-order valence-corrected chi connectivity index (χ1v) is 11.3. The molecule has 5 rings (SSSR count). The summed E-state index contributed by atoms with van der Waals surface area (Å²) in [5, 5.41) is 1.14. The van der Waals surface area contributed by atoms with Crippen LogP contribution in [0.4, 0.5) is 0 Å². The lowest BCUT2D eigenvalue weighted by Crippen LogP contribution is -2.10. The zero-order valence-electron chi connectivity index (χ0n) is 17.2. The summed E-state index contributed by atoms with van der Waals surface area (Å²) in [6.45, 7) is 4.26. The van der Waals surface area contributed by atoms with Crippen molar-refractivity contribution in [2.75, 3.05) is 6.61 Å². The van der Waals surface area contributed by atoms with Gasteiger partial charge in [0, 0.05) is 21.4 Å². The van der Waals surface area contributed by atoms with Gasteiger partial charge in [0.25, 0.3) is 0 Å². The minimum Gasteiger partial charge on any atom is -0.462 e. The number of hydrogen-bond acceptors (Lipinski definition) is 4. The molecule has 0 bridgehead atoms. The van der Waals surface area contributed by atoms with Gasteiger partial charge in [0.15, 0.2) is 0 Å². The molecular weight excluding hydrogens is 390 g/mol. The summed E-state index contributed by atoms with van der Waals surface area (Å²) >= 11 is 1.78. The summed E-state index contributed by atoms with van der Waals surface area (Å²) in [7, 11) is 0. The van der Waals surface area contributed by atoms with Crippen molar-refractivity contribution < 1.29 is 9.53 Å². The minimum absolute atomic E-state index is 0.306. The molecule has 150 valence electrons. The highest BCUT2D eigenvalue weighted by Gasteiger charge is 2.29. The fourth-order valence-electron chi connectivity index (χ4n) is 4.34. The molecule has 0 unspecified atom stereocenters. The second-order valence-corrected chi connectivity index (χ2v) is 8.78. The highest BCUT2D eigenvalue weighted by molar-refractivity contribution is 7.19. The van der Waals surface area contributed by atoms with Gasteiger partial charge in [0.05, 0.1) is 17.9 Å². The Bertz CT molecular complexity index is 1240. The van der Waals surface area contributed by atoms with Crippen LogP contribution in [0.5, 0.6) is 0 Å². The van der Waals surface area contributed by atoms with E-state index in [9.17, 15) is 4.79 Å². The minimum atomic E-state index is -0.306. The van der Waals surface area contributed by atoms with Gasteiger partial charge in [-0.1, -0.05) is 60.2 Å². The second-order valence-electron chi connectivity index (χ2n) is 7.70. The van der Waals surface area contributed by atoms with E-state index in [0.29, 0.717) is 17.9 Å². The maximum atomic E-state index is 13.3. The number of carbonyl (C=O) groups excluding carboxylic acids is 1. The standard InChI is InChI=1S/C26H23NO2S/c1-3-29-26(28)23-21(17-14-12-16(2)13-15-17)22-19-10-7-11-20(19)30-25(22)27-24(23)18-8-5-4-6-9-18/h4-6,8-9,12-15H,3,7,10-11H2,1-2H3. The van der Waals surface area contributed by atoms with Gasteiger partial charge in [0.1, 0.15) is 4.83 Å². The molecule has 4 heteroatoms. The van der Waals surface area contributed by atoms with Gasteiger partial charge in [0.2, 0.25) is 0 Å². The predicted octanol–water partition coefficient (Wildman–Crippen LogP) is 6.60. The summed E-state index contributed by atoms with van der Waals surface area (Å²) in [6, 6.07) is 18.4. The third-order valence-corrected chi connectivity index (χ3v) is 6.91. The van der Waals surface area contributed by atoms with Crippen molar-refractivity contribution in [1.29, 1.82) is 0 Å². The third kappa shape index (κ3) is 3.12. The Morgan fingerprint density at radius 2 is 1.80 bits per heavy atom. The Kier molecular flexibility index (Phi) is 4.87. The van der Waals surface area contributed by atoms with Gasteiger partial charge in [-0.3, -0.25) is 0 Å². The molecule has 0 spiro atoms. The molecule has 0 atom stereocenters. The summed E-state index contributed by atoms with van der Waals surface area (Å²) in [5.41, 5.74) is 6.79. The molecule has 1 aliphatic rings. The smallest absolute Gasteiger partial charge is 0.341 e. The average Bonchev–Trinajstić information content (AvgIpc) is 3.35. The van der Waals surface area contributed by atoms with Gasteiger partial charge >= 0.3 is 5.97 Å². The van der Waals surface area contributed by atoms with Gasteiger partial charge in [-0.15, -0.1) is 11.3 Å². The van der Waals surface area contributed by atoms with Crippen molar-refractivity contribution in [3.8, 4) is 22.4 Å². The zero-order valence-corrected chi connectivity index (χ0v) is 18.0. The zero-order chi connectivity index (χ0) is 20.7. The number of pyridine rings is 1. The van der Waals surface area contributed by atoms with E-state index < -0.39 is 0 Å². The summed E-state index contributed by atoms with van der Waals surface area (Å²) in [6.07, 6.45) is 3.31. The van der Waals surface area contributed by atoms with Crippen LogP contribution in [0.15, 0.2) is 54.6 Å². The molecule has 0 amide bonds. The van der Waals surface area contributed by atoms with E-state index in [1.54, 1.807) is 11.3 Å². The van der Waals surface area contributed by atoms with Crippen LogP contribution in [0, 0.1) is 6.92 Å². The van der Waals surface area contributed by atoms with E-state index in [2.05, 4.69) is 31.2 Å². The topological polar surface area (TPSA) is 39.2 Å². The lowest BCUT2D eigenvalue weighted by molar-refractivity contribution is 0.0528. The van der Waals surface area contributed by atoms with E-state index >= 15 is 0 Å². The summed E-state index contributed by atoms with van der Waals surface area (Å²) < 4.78 is 5.55. The Morgan fingerprint density at radius 1 is 1.03 bits per heavy atom. The van der Waals surface area contributed by atoms with Crippen LogP contribution >= 0.6 is 11.3 Å². The van der Waals surface area contributed by atoms with Crippen molar-refractivity contribution in [1.82, 2.24) is 4.98 Å². The lowest BCUT2D eigenvalue weighted by Gasteiger charge is -2.16. The van der Waals surface area contributed by atoms with Gasteiger partial charge < -0.3 is 4.74 Å². The van der Waals surface area contributed by atoms with Crippen LogP contribution < -0.4 is 0 Å². The van der Waals surface area contributed by atoms with Crippen LogP contribution in [0.25, 0.3) is 32.6 Å². The monoisotopic (exact) mass is 413 g/mol. The molecule has 2 aromatic carbocycles. The first-order valence-electron chi connectivity index (χ1n) is 10.4. The quantitative estimate of drug-likeness (QED) is 0.354. The highest BCUT2D eigenvalue weighted by Crippen LogP contribution is 2.45. The van der Waals surface area contributed by atoms with E-state index in [1.165, 1.54) is 22.4 Å². The Labute approximate surface area is 180 Å². The fraction of sp³-hybridized carbons (Fsp3) is 0.231. The van der Waals surface area contributed by atoms with Gasteiger partial charge in [-0.25, -0.2) is 9.78 Å². The molecule has 4 aromatic rings. The molecule has 30 heavy (non-hydrogen) atoms. The Balaban J connectivity index is 1.92. The van der Waals surface area contributed by atoms with Crippen LogP contribution in [0.1, 0.15) is 39.7 Å². The highest BCUT2D eigenvalue weighted by atomic mass is 32.1. The van der Waals surface area contributed by atoms with Crippen molar-refractivity contribution >= 4 is 27.5 Å². The first kappa shape index (κ1) is 19.0. The number of hydrogen-bond donors (Lipinski definition) is 0. The van der Waals surface area contributed by atoms with Crippen LogP contribution in [0.2, 0.25) is 0 Å². The number of rotatable bonds is 4. The van der Waals surface area contributed by atoms with E-state index in [4.69, 9.17) is 9.72 Å². The van der Waals surface area contributed by atoms with Gasteiger partial charge in [-0.05, 0) is 44.2 Å². The van der Waals surface area contributed by atoms with E-state index in [-0.39, 0.29) is 5.97 Å². The van der Waals surface area contributed by atoms with Crippen LogP contribution in [-0.4, -0.2) is 17.6 Å². The largest absolute Gasteiger partial charge is 0.462 e. The number of aryl methyl sites for hydroxylation is 3. The van der Waals surface area contributed by atoms with Crippen molar-refractivity contribution in [3.05, 3.63) is 76.2 Å². The Hall–Kier alpha value is -2.98. The maximum absolute atomic E-state index is 13.3. The molecule has 0 saturated carbocycles. The van der Waals surface area contributed by atoms with E-state index in [1.807, 2.05) is 37.3 Å². The normalized spacial score (nSPS) is 12.9. The molecule has 2 aromatic heterocycles. The van der Waals surface area contributed by atoms with Crippen LogP contribution in [0.3, 0.4) is 0 Å². The molecule has 0 saturated heterocycles. The third-order valence-electron chi connectivity index (χ3n) is 5.72. The maximum Gasteiger partial charge on any atom is 0.341 e. The van der Waals surface area contributed by atoms with Crippen LogP contribution in [-0.2, 0) is 17.6 Å². The lowest BCUT2D eigenvalue weighted by atomic mass is 9.91. The number of carbonyl (C=O) groups is 1. The summed E-state index contributed by atoms with van der Waals surface area (Å²) in [5.74, 6) is -0.306. The summed E-state index contributed by atoms with van der Waals surface area (Å²) in [4.78, 5) is 20.8. The van der Waals surface area contributed by atoms with Crippen molar-refractivity contribution in [3.63, 3.8) is 0 Å². The number of aromatic nitrogens is 1. The van der Waals surface area contributed by atoms with Crippen molar-refractivity contribution in [2.45, 2.75) is 33.1 Å². The molecule has 2 heterocycles. The first-order chi connectivity index (χ1) is 14.7. The molecular formula is C26H23NO2S. The molecule has 0 radical (unpaired) electrons. The molecule has 1 aliphatic carbocycles. The average molecular weight is 414 g/mol. The Morgan fingerprint density at radius 3 is 2.53 bits per heavy atom. The van der Waals surface area contributed by atoms with Gasteiger partial charge in [-0.2, -0.15) is 0 Å². The number of ether oxygens (including phenoxy) is 1. The second kappa shape index (κ2) is 7.69. The molecule has 3 nitrogen and oxygen atoms in total. The number of esters is 1. The number of thiophene rings is 1. The SMILES string of the molecule is CCOC(=O)c1c(-c2ccccc2)nc2sc3c(c2c1-c1ccc(C)cc1)CCC3. The molecule has 0 N–H and O–H groups in total. The van der Waals surface area contributed by atoms with Crippen molar-refractivity contribution in [2.24, 2.45) is 0 Å². The number of fused-ring (bicyclic) bond motifs is 3. The fourth-order valence-corrected chi connectivity index (χ4v) is 5.61. The predicted molar refractivity (Wildman–Crippen MR) is 123 cm³/mol. The van der Waals surface area contributed by atoms with E-state index in [0.717, 1.165) is 39.7 Å².